The number of nitrogens with zero attached hydrogens (tertiary/aromatic N) is 2. The summed E-state index contributed by atoms with van der Waals surface area (Å²) in [5.41, 5.74) is 8.63. The van der Waals surface area contributed by atoms with Crippen LogP contribution < -0.4 is 11.2 Å². The molecule has 0 aliphatic carbocycles. The fourth-order valence-corrected chi connectivity index (χ4v) is 1.47. The number of hydrogen-bond donors (Lipinski definition) is 3. The van der Waals surface area contributed by atoms with Crippen LogP contribution in [0.15, 0.2) is 17.2 Å². The second-order valence-electron chi connectivity index (χ2n) is 3.15. The quantitative estimate of drug-likeness (QED) is 0.447. The summed E-state index contributed by atoms with van der Waals surface area (Å²) in [6.07, 6.45) is 0. The molecule has 0 aliphatic rings. The van der Waals surface area contributed by atoms with Gasteiger partial charge in [0.2, 0.25) is 5.71 Å². The highest BCUT2D eigenvalue weighted by Gasteiger charge is 2.08. The molecule has 0 aliphatic heterocycles. The molecule has 17 heavy (non-hydrogen) atoms. The van der Waals surface area contributed by atoms with Crippen molar-refractivity contribution in [3.05, 3.63) is 27.7 Å². The zero-order chi connectivity index (χ0) is 13.0. The van der Waals surface area contributed by atoms with Crippen molar-refractivity contribution in [1.82, 2.24) is 0 Å². The average Bonchev–Trinajstić information content (AvgIpc) is 2.28. The van der Waals surface area contributed by atoms with Crippen LogP contribution in [0.5, 0.6) is 0 Å². The summed E-state index contributed by atoms with van der Waals surface area (Å²) in [6, 6.07) is 5.09. The molecule has 0 saturated heterocycles. The van der Waals surface area contributed by atoms with Crippen LogP contribution in [0.4, 0.5) is 5.69 Å². The summed E-state index contributed by atoms with van der Waals surface area (Å²) in [5.74, 6) is -0.431. The van der Waals surface area contributed by atoms with Gasteiger partial charge in [0, 0.05) is 0 Å². The van der Waals surface area contributed by atoms with Crippen molar-refractivity contribution in [2.45, 2.75) is 6.92 Å². The number of rotatable bonds is 3. The molecule has 7 heteroatoms. The lowest BCUT2D eigenvalue weighted by Gasteiger charge is -2.08. The number of anilines is 1. The maximum absolute atomic E-state index is 8.66. The Balaban J connectivity index is 3.09. The highest BCUT2D eigenvalue weighted by Crippen LogP contribution is 2.32. The maximum Gasteiger partial charge on any atom is 0.201 e. The predicted molar refractivity (Wildman–Crippen MR) is 69.8 cm³/mol. The summed E-state index contributed by atoms with van der Waals surface area (Å²) < 4.78 is 0. The molecular weight excluding hydrogens is 261 g/mol. The second-order valence-corrected chi connectivity index (χ2v) is 3.94. The molecule has 0 aromatic heterocycles. The molecule has 0 atom stereocenters. The number of aryl methyl sites for hydroxylation is 1. The van der Waals surface area contributed by atoms with E-state index in [0.29, 0.717) is 15.7 Å². The van der Waals surface area contributed by atoms with Crippen LogP contribution in [0.2, 0.25) is 10.0 Å². The Morgan fingerprint density at radius 3 is 2.71 bits per heavy atom. The molecule has 0 saturated carbocycles. The summed E-state index contributed by atoms with van der Waals surface area (Å²) in [6.45, 7) is 1.81. The van der Waals surface area contributed by atoms with E-state index in [1.54, 1.807) is 18.2 Å². The number of nitriles is 1. The van der Waals surface area contributed by atoms with Crippen molar-refractivity contribution in [1.29, 1.82) is 10.7 Å². The van der Waals surface area contributed by atoms with E-state index in [1.807, 2.05) is 6.92 Å². The van der Waals surface area contributed by atoms with Gasteiger partial charge in [-0.1, -0.05) is 29.3 Å². The van der Waals surface area contributed by atoms with Crippen LogP contribution in [0.25, 0.3) is 0 Å². The fraction of sp³-hybridized carbons (Fsp3) is 0.100. The SMILES string of the molecule is Cc1ccc(Cl)c(N/N=C(\C#N)C(=N)N)c1Cl. The van der Waals surface area contributed by atoms with Crippen LogP contribution in [0, 0.1) is 23.7 Å². The van der Waals surface area contributed by atoms with E-state index in [9.17, 15) is 0 Å². The minimum Gasteiger partial charge on any atom is -0.382 e. The first kappa shape index (κ1) is 13.3. The van der Waals surface area contributed by atoms with Gasteiger partial charge in [-0.2, -0.15) is 10.4 Å². The van der Waals surface area contributed by atoms with Crippen LogP contribution >= 0.6 is 23.2 Å². The molecule has 1 aromatic rings. The number of benzene rings is 1. The number of nitrogens with two attached hydrogens (primary N) is 1. The number of halogens is 2. The van der Waals surface area contributed by atoms with Crippen molar-refractivity contribution in [2.24, 2.45) is 10.8 Å². The van der Waals surface area contributed by atoms with Crippen LogP contribution in [0.3, 0.4) is 0 Å². The third-order valence-electron chi connectivity index (χ3n) is 1.92. The van der Waals surface area contributed by atoms with Gasteiger partial charge >= 0.3 is 0 Å². The number of hydrogen-bond acceptors (Lipinski definition) is 4. The van der Waals surface area contributed by atoms with E-state index in [2.05, 4.69) is 10.5 Å². The zero-order valence-corrected chi connectivity index (χ0v) is 10.4. The molecule has 1 aromatic carbocycles. The van der Waals surface area contributed by atoms with Gasteiger partial charge in [0.05, 0.1) is 15.7 Å². The molecule has 88 valence electrons. The molecule has 0 bridgehead atoms. The van der Waals surface area contributed by atoms with Crippen molar-refractivity contribution in [3.63, 3.8) is 0 Å². The van der Waals surface area contributed by atoms with Gasteiger partial charge in [-0.25, -0.2) is 0 Å². The third kappa shape index (κ3) is 3.09. The van der Waals surface area contributed by atoms with Gasteiger partial charge in [-0.3, -0.25) is 10.8 Å². The lowest BCUT2D eigenvalue weighted by atomic mass is 10.2. The molecule has 4 N–H and O–H groups in total. The Kier molecular flexibility index (Phi) is 4.32. The van der Waals surface area contributed by atoms with E-state index in [-0.39, 0.29) is 5.71 Å². The molecule has 0 amide bonds. The summed E-state index contributed by atoms with van der Waals surface area (Å²) in [7, 11) is 0. The van der Waals surface area contributed by atoms with Gasteiger partial charge in [0.25, 0.3) is 0 Å². The Labute approximate surface area is 108 Å². The Morgan fingerprint density at radius 1 is 1.53 bits per heavy atom. The first-order valence-electron chi connectivity index (χ1n) is 4.50. The first-order valence-corrected chi connectivity index (χ1v) is 5.25. The van der Waals surface area contributed by atoms with Gasteiger partial charge < -0.3 is 5.73 Å². The minimum atomic E-state index is -0.431. The maximum atomic E-state index is 8.66. The zero-order valence-electron chi connectivity index (χ0n) is 8.88. The van der Waals surface area contributed by atoms with E-state index in [4.69, 9.17) is 39.6 Å². The lowest BCUT2D eigenvalue weighted by molar-refractivity contribution is 1.32. The van der Waals surface area contributed by atoms with E-state index < -0.39 is 5.84 Å². The molecule has 0 heterocycles. The summed E-state index contributed by atoms with van der Waals surface area (Å²) in [5, 5.41) is 20.2. The van der Waals surface area contributed by atoms with Gasteiger partial charge in [-0.15, -0.1) is 0 Å². The molecule has 5 nitrogen and oxygen atoms in total. The van der Waals surface area contributed by atoms with E-state index in [0.717, 1.165) is 5.56 Å². The molecule has 0 spiro atoms. The molecule has 0 fully saturated rings. The van der Waals surface area contributed by atoms with Gasteiger partial charge in [0.15, 0.2) is 5.84 Å². The topological polar surface area (TPSA) is 98.0 Å². The second kappa shape index (κ2) is 5.53. The standard InChI is InChI=1S/C10H9Cl2N5/c1-5-2-3-6(11)9(8(5)12)17-16-7(4-13)10(14)15/h2-3,17H,1H3,(H3,14,15)/b16-7+. The smallest absolute Gasteiger partial charge is 0.201 e. The van der Waals surface area contributed by atoms with Crippen LogP contribution in [0.1, 0.15) is 5.56 Å². The first-order chi connectivity index (χ1) is 7.97. The predicted octanol–water partition coefficient (Wildman–Crippen LogP) is 2.53. The normalized spacial score (nSPS) is 10.8. The molecular formula is C10H9Cl2N5. The number of amidine groups is 1. The molecule has 0 unspecified atom stereocenters. The summed E-state index contributed by atoms with van der Waals surface area (Å²) >= 11 is 11.9. The lowest BCUT2D eigenvalue weighted by Crippen LogP contribution is -2.21. The Bertz CT molecular complexity index is 530. The Morgan fingerprint density at radius 2 is 2.18 bits per heavy atom. The van der Waals surface area contributed by atoms with Crippen molar-refractivity contribution in [2.75, 3.05) is 5.43 Å². The van der Waals surface area contributed by atoms with Crippen molar-refractivity contribution in [3.8, 4) is 6.07 Å². The van der Waals surface area contributed by atoms with Gasteiger partial charge in [0.1, 0.15) is 6.07 Å². The number of hydrazone groups is 1. The van der Waals surface area contributed by atoms with E-state index >= 15 is 0 Å². The highest BCUT2D eigenvalue weighted by atomic mass is 35.5. The van der Waals surface area contributed by atoms with Gasteiger partial charge in [-0.05, 0) is 18.6 Å². The average molecular weight is 270 g/mol. The number of nitrogens with one attached hydrogen (secondary N) is 2. The fourth-order valence-electron chi connectivity index (χ4n) is 1.02. The molecule has 1 rings (SSSR count). The van der Waals surface area contributed by atoms with Crippen molar-refractivity contribution >= 4 is 40.4 Å². The molecule has 0 radical (unpaired) electrons. The van der Waals surface area contributed by atoms with Crippen LogP contribution in [-0.2, 0) is 0 Å². The third-order valence-corrected chi connectivity index (χ3v) is 2.73. The Hall–Kier alpha value is -1.77. The summed E-state index contributed by atoms with van der Waals surface area (Å²) in [4.78, 5) is 0. The minimum absolute atomic E-state index is 0.237. The largest absolute Gasteiger partial charge is 0.382 e. The van der Waals surface area contributed by atoms with Crippen molar-refractivity contribution < 1.29 is 0 Å². The highest BCUT2D eigenvalue weighted by molar-refractivity contribution is 6.46. The van der Waals surface area contributed by atoms with E-state index in [1.165, 1.54) is 0 Å². The van der Waals surface area contributed by atoms with Crippen LogP contribution in [-0.4, -0.2) is 11.5 Å². The monoisotopic (exact) mass is 269 g/mol.